The lowest BCUT2D eigenvalue weighted by atomic mass is 10.4. The summed E-state index contributed by atoms with van der Waals surface area (Å²) >= 11 is 0. The van der Waals surface area contributed by atoms with Crippen molar-refractivity contribution in [1.82, 2.24) is 4.90 Å². The molecule has 1 heterocycles. The van der Waals surface area contributed by atoms with Crippen molar-refractivity contribution in [2.75, 3.05) is 13.1 Å². The van der Waals surface area contributed by atoms with Crippen LogP contribution in [0.3, 0.4) is 0 Å². The third-order valence-corrected chi connectivity index (χ3v) is 1.89. The maximum atomic E-state index is 11.7. The molecule has 0 aliphatic carbocycles. The molecule has 0 aromatic carbocycles. The van der Waals surface area contributed by atoms with Crippen molar-refractivity contribution >= 4 is 5.84 Å². The van der Waals surface area contributed by atoms with Gasteiger partial charge in [0.2, 0.25) is 0 Å². The fourth-order valence-corrected chi connectivity index (χ4v) is 1.24. The van der Waals surface area contributed by atoms with Crippen LogP contribution < -0.4 is 0 Å². The molecule has 0 saturated carbocycles. The van der Waals surface area contributed by atoms with Gasteiger partial charge in [0, 0.05) is 19.5 Å². The lowest BCUT2D eigenvalue weighted by Crippen LogP contribution is -2.28. The molecule has 1 fully saturated rings. The van der Waals surface area contributed by atoms with Crippen LogP contribution in [0.15, 0.2) is 0 Å². The van der Waals surface area contributed by atoms with Gasteiger partial charge < -0.3 is 4.90 Å². The fourth-order valence-electron chi connectivity index (χ4n) is 1.24. The number of nitrogens with zero attached hydrogens (tertiary/aromatic N) is 1. The van der Waals surface area contributed by atoms with E-state index in [1.54, 1.807) is 0 Å². The first-order valence-electron chi connectivity index (χ1n) is 3.88. The highest BCUT2D eigenvalue weighted by Gasteiger charge is 2.29. The first kappa shape index (κ1) is 9.35. The zero-order valence-corrected chi connectivity index (χ0v) is 6.62. The average Bonchev–Trinajstić information content (AvgIpc) is 2.29. The van der Waals surface area contributed by atoms with E-state index in [4.69, 9.17) is 5.41 Å². The van der Waals surface area contributed by atoms with Crippen molar-refractivity contribution in [2.45, 2.75) is 25.4 Å². The summed E-state index contributed by atoms with van der Waals surface area (Å²) in [6.07, 6.45) is -3.47. The Morgan fingerprint density at radius 1 is 1.42 bits per heavy atom. The first-order chi connectivity index (χ1) is 5.49. The second-order valence-electron chi connectivity index (χ2n) is 2.90. The van der Waals surface area contributed by atoms with Crippen LogP contribution >= 0.6 is 0 Å². The minimum Gasteiger partial charge on any atom is -0.360 e. The van der Waals surface area contributed by atoms with Gasteiger partial charge in [-0.1, -0.05) is 0 Å². The lowest BCUT2D eigenvalue weighted by molar-refractivity contribution is -0.135. The molecule has 0 amide bonds. The van der Waals surface area contributed by atoms with Crippen molar-refractivity contribution < 1.29 is 13.2 Å². The Kier molecular flexibility index (Phi) is 2.59. The summed E-state index contributed by atoms with van der Waals surface area (Å²) in [7, 11) is 0. The number of hydrogen-bond donors (Lipinski definition) is 1. The van der Waals surface area contributed by atoms with Gasteiger partial charge >= 0.3 is 6.18 Å². The number of hydrogen-bond acceptors (Lipinski definition) is 1. The summed E-state index contributed by atoms with van der Waals surface area (Å²) in [5, 5.41) is 7.27. The molecule has 12 heavy (non-hydrogen) atoms. The van der Waals surface area contributed by atoms with Crippen LogP contribution in [0.4, 0.5) is 13.2 Å². The summed E-state index contributed by atoms with van der Waals surface area (Å²) in [5.41, 5.74) is 0. The second kappa shape index (κ2) is 3.33. The molecule has 70 valence electrons. The largest absolute Gasteiger partial charge is 0.390 e. The van der Waals surface area contributed by atoms with Gasteiger partial charge in [-0.25, -0.2) is 0 Å². The summed E-state index contributed by atoms with van der Waals surface area (Å²) < 4.78 is 35.2. The maximum absolute atomic E-state index is 11.7. The SMILES string of the molecule is N=C1CCCN1CCC(F)(F)F. The van der Waals surface area contributed by atoms with Crippen LogP contribution in [-0.4, -0.2) is 30.0 Å². The van der Waals surface area contributed by atoms with Crippen LogP contribution in [0, 0.1) is 5.41 Å². The van der Waals surface area contributed by atoms with E-state index in [-0.39, 0.29) is 6.54 Å². The zero-order valence-electron chi connectivity index (χ0n) is 6.62. The van der Waals surface area contributed by atoms with Crippen LogP contribution in [0.5, 0.6) is 0 Å². The normalized spacial score (nSPS) is 18.9. The van der Waals surface area contributed by atoms with Gasteiger partial charge in [-0.3, -0.25) is 5.41 Å². The molecule has 0 radical (unpaired) electrons. The first-order valence-corrected chi connectivity index (χ1v) is 3.88. The molecular formula is C7H11F3N2. The van der Waals surface area contributed by atoms with Crippen molar-refractivity contribution in [3.63, 3.8) is 0 Å². The predicted molar refractivity (Wildman–Crippen MR) is 39.2 cm³/mol. The summed E-state index contributed by atoms with van der Waals surface area (Å²) in [6.45, 7) is 0.553. The quantitative estimate of drug-likeness (QED) is 0.691. The van der Waals surface area contributed by atoms with Crippen molar-refractivity contribution in [2.24, 2.45) is 0 Å². The van der Waals surface area contributed by atoms with Gasteiger partial charge in [0.25, 0.3) is 0 Å². The van der Waals surface area contributed by atoms with Gasteiger partial charge in [0.1, 0.15) is 0 Å². The van der Waals surface area contributed by atoms with Gasteiger partial charge in [-0.15, -0.1) is 0 Å². The van der Waals surface area contributed by atoms with Crippen molar-refractivity contribution in [3.8, 4) is 0 Å². The highest BCUT2D eigenvalue weighted by Crippen LogP contribution is 2.21. The molecule has 1 N–H and O–H groups in total. The van der Waals surface area contributed by atoms with E-state index in [0.29, 0.717) is 18.8 Å². The Balaban J connectivity index is 2.27. The minimum absolute atomic E-state index is 0.0532. The van der Waals surface area contributed by atoms with Crippen LogP contribution in [0.25, 0.3) is 0 Å². The molecule has 0 bridgehead atoms. The topological polar surface area (TPSA) is 27.1 Å². The molecule has 0 atom stereocenters. The highest BCUT2D eigenvalue weighted by molar-refractivity contribution is 5.80. The highest BCUT2D eigenvalue weighted by atomic mass is 19.4. The number of amidine groups is 1. The third-order valence-electron chi connectivity index (χ3n) is 1.89. The molecule has 0 spiro atoms. The smallest absolute Gasteiger partial charge is 0.360 e. The Hall–Kier alpha value is -0.740. The Morgan fingerprint density at radius 3 is 2.50 bits per heavy atom. The van der Waals surface area contributed by atoms with E-state index in [9.17, 15) is 13.2 Å². The minimum atomic E-state index is -4.09. The van der Waals surface area contributed by atoms with E-state index >= 15 is 0 Å². The van der Waals surface area contributed by atoms with Crippen LogP contribution in [0.1, 0.15) is 19.3 Å². The van der Waals surface area contributed by atoms with Gasteiger partial charge in [-0.05, 0) is 6.42 Å². The number of nitrogens with one attached hydrogen (secondary N) is 1. The standard InChI is InChI=1S/C7H11F3N2/c8-7(9,10)3-5-12-4-1-2-6(12)11/h11H,1-5H2. The summed E-state index contributed by atoms with van der Waals surface area (Å²) in [4.78, 5) is 1.49. The van der Waals surface area contributed by atoms with Crippen molar-refractivity contribution in [1.29, 1.82) is 5.41 Å². The second-order valence-corrected chi connectivity index (χ2v) is 2.90. The van der Waals surface area contributed by atoms with E-state index in [0.717, 1.165) is 6.42 Å². The number of alkyl halides is 3. The van der Waals surface area contributed by atoms with Crippen molar-refractivity contribution in [3.05, 3.63) is 0 Å². The number of likely N-dealkylation sites (tertiary alicyclic amines) is 1. The Bertz CT molecular complexity index is 176. The molecule has 1 aliphatic heterocycles. The monoisotopic (exact) mass is 180 g/mol. The van der Waals surface area contributed by atoms with E-state index < -0.39 is 12.6 Å². The Labute approximate surface area is 68.9 Å². The molecule has 0 aromatic rings. The zero-order chi connectivity index (χ0) is 9.19. The molecule has 1 aliphatic rings. The van der Waals surface area contributed by atoms with Gasteiger partial charge in [0.05, 0.1) is 12.3 Å². The summed E-state index contributed by atoms with van der Waals surface area (Å²) in [5.74, 6) is 0.347. The number of halogens is 3. The molecule has 1 saturated heterocycles. The van der Waals surface area contributed by atoms with Crippen LogP contribution in [-0.2, 0) is 0 Å². The molecular weight excluding hydrogens is 169 g/mol. The van der Waals surface area contributed by atoms with E-state index in [1.165, 1.54) is 4.90 Å². The fraction of sp³-hybridized carbons (Fsp3) is 0.857. The van der Waals surface area contributed by atoms with E-state index in [2.05, 4.69) is 0 Å². The molecule has 1 rings (SSSR count). The van der Waals surface area contributed by atoms with Gasteiger partial charge in [0.15, 0.2) is 0 Å². The van der Waals surface area contributed by atoms with E-state index in [1.807, 2.05) is 0 Å². The predicted octanol–water partition coefficient (Wildman–Crippen LogP) is 2.01. The Morgan fingerprint density at radius 2 is 2.08 bits per heavy atom. The lowest BCUT2D eigenvalue weighted by Gasteiger charge is -2.18. The maximum Gasteiger partial charge on any atom is 0.390 e. The molecule has 0 aromatic heterocycles. The van der Waals surface area contributed by atoms with Crippen LogP contribution in [0.2, 0.25) is 0 Å². The summed E-state index contributed by atoms with van der Waals surface area (Å²) in [6, 6.07) is 0. The average molecular weight is 180 g/mol. The molecule has 5 heteroatoms. The number of rotatable bonds is 2. The molecule has 0 unspecified atom stereocenters. The van der Waals surface area contributed by atoms with Gasteiger partial charge in [-0.2, -0.15) is 13.2 Å². The third kappa shape index (κ3) is 2.71. The molecule has 2 nitrogen and oxygen atoms in total.